The Kier molecular flexibility index (Phi) is 8.54. The molecule has 1 N–H and O–H groups in total. The normalized spacial score (nSPS) is 23.0. The second kappa shape index (κ2) is 11.8. The number of aromatic nitrogens is 1. The Bertz CT molecular complexity index is 1460. The van der Waals surface area contributed by atoms with Crippen molar-refractivity contribution < 1.29 is 40.7 Å². The van der Waals surface area contributed by atoms with Crippen LogP contribution in [0.15, 0.2) is 42.7 Å². The van der Waals surface area contributed by atoms with Crippen molar-refractivity contribution >= 4 is 17.5 Å². The van der Waals surface area contributed by atoms with Gasteiger partial charge >= 0.3 is 6.18 Å². The number of nitrogens with one attached hydrogen (secondary N) is 1. The van der Waals surface area contributed by atoms with Gasteiger partial charge in [-0.25, -0.2) is 13.2 Å². The van der Waals surface area contributed by atoms with Crippen LogP contribution in [0.5, 0.6) is 0 Å². The van der Waals surface area contributed by atoms with Gasteiger partial charge < -0.3 is 10.1 Å². The average molecular weight is 638 g/mol. The smallest absolute Gasteiger partial charge is 0.371 e. The molecule has 2 atom stereocenters. The van der Waals surface area contributed by atoms with Gasteiger partial charge in [0.1, 0.15) is 17.9 Å². The fourth-order valence-corrected chi connectivity index (χ4v) is 6.10. The summed E-state index contributed by atoms with van der Waals surface area (Å²) in [5.41, 5.74) is -2.87. The van der Waals surface area contributed by atoms with Crippen molar-refractivity contribution in [3.8, 4) is 6.19 Å². The molecule has 8 nitrogen and oxygen atoms in total. The predicted molar refractivity (Wildman–Crippen MR) is 149 cm³/mol. The van der Waals surface area contributed by atoms with Crippen LogP contribution in [0.1, 0.15) is 69.5 Å². The minimum absolute atomic E-state index is 0.00374. The van der Waals surface area contributed by atoms with Crippen molar-refractivity contribution in [1.82, 2.24) is 15.2 Å². The molecule has 2 aromatic rings. The van der Waals surface area contributed by atoms with Crippen molar-refractivity contribution in [2.24, 2.45) is 0 Å². The Morgan fingerprint density at radius 2 is 1.76 bits per heavy atom. The number of anilines is 1. The molecule has 1 aromatic heterocycles. The van der Waals surface area contributed by atoms with Crippen molar-refractivity contribution in [2.45, 2.75) is 93.6 Å². The number of carbonyl (C=O) groups is 2. The van der Waals surface area contributed by atoms with Crippen LogP contribution in [0.25, 0.3) is 0 Å². The molecule has 2 aliphatic carbocycles. The SMILES string of the molecule is CC1(C)CN(C#N)C(C(=O)N(c2ccc(C3(C(F)(F)F)CC3)cc2)C(C(=O)NC2CCC(F)(F)CC2)c2cncc(F)c2)CO1. The summed E-state index contributed by atoms with van der Waals surface area (Å²) in [7, 11) is 0. The maximum atomic E-state index is 14.5. The second-order valence-corrected chi connectivity index (χ2v) is 12.6. The first-order valence-corrected chi connectivity index (χ1v) is 14.7. The topological polar surface area (TPSA) is 98.6 Å². The third-order valence-corrected chi connectivity index (χ3v) is 8.81. The van der Waals surface area contributed by atoms with Gasteiger partial charge in [0, 0.05) is 36.3 Å². The number of hydrogen-bond donors (Lipinski definition) is 1. The van der Waals surface area contributed by atoms with E-state index in [1.54, 1.807) is 13.8 Å². The standard InChI is InChI=1S/C31H33F6N5O3/c1-28(2)17-41(18-38)24(16-45-28)27(44)42(23-5-3-20(4-6-23)29(11-12-29)31(35,36)37)25(19-13-21(32)15-39-14-19)26(43)40-22-7-9-30(33,34)10-8-22/h3-6,13-15,22,24-25H,7-12,16-17H2,1-2H3,(H,40,43). The minimum atomic E-state index is -4.49. The molecule has 242 valence electrons. The highest BCUT2D eigenvalue weighted by atomic mass is 19.4. The lowest BCUT2D eigenvalue weighted by atomic mass is 9.91. The number of amides is 2. The number of morpholine rings is 1. The maximum Gasteiger partial charge on any atom is 0.398 e. The summed E-state index contributed by atoms with van der Waals surface area (Å²) in [6.07, 6.45) is -1.63. The van der Waals surface area contributed by atoms with E-state index in [4.69, 9.17) is 4.74 Å². The first kappa shape index (κ1) is 32.5. The van der Waals surface area contributed by atoms with E-state index in [2.05, 4.69) is 10.3 Å². The zero-order chi connectivity index (χ0) is 32.8. The van der Waals surface area contributed by atoms with Crippen LogP contribution in [-0.2, 0) is 19.7 Å². The van der Waals surface area contributed by atoms with Gasteiger partial charge in [-0.1, -0.05) is 12.1 Å². The molecule has 2 unspecified atom stereocenters. The Hall–Kier alpha value is -3.86. The third kappa shape index (κ3) is 6.73. The zero-order valence-corrected chi connectivity index (χ0v) is 24.7. The van der Waals surface area contributed by atoms with Gasteiger partial charge in [0.2, 0.25) is 11.8 Å². The fourth-order valence-electron chi connectivity index (χ4n) is 6.10. The van der Waals surface area contributed by atoms with Gasteiger partial charge in [-0.3, -0.25) is 24.4 Å². The molecule has 14 heteroatoms. The lowest BCUT2D eigenvalue weighted by molar-refractivity contribution is -0.160. The molecule has 5 rings (SSSR count). The van der Waals surface area contributed by atoms with Crippen molar-refractivity contribution in [3.63, 3.8) is 0 Å². The van der Waals surface area contributed by atoms with Crippen LogP contribution in [0.3, 0.4) is 0 Å². The molecule has 0 spiro atoms. The van der Waals surface area contributed by atoms with E-state index >= 15 is 0 Å². The number of halogens is 6. The maximum absolute atomic E-state index is 14.5. The highest BCUT2D eigenvalue weighted by molar-refractivity contribution is 6.04. The summed E-state index contributed by atoms with van der Waals surface area (Å²) in [4.78, 5) is 34.4. The van der Waals surface area contributed by atoms with Crippen LogP contribution in [0, 0.1) is 17.3 Å². The molecule has 0 radical (unpaired) electrons. The zero-order valence-electron chi connectivity index (χ0n) is 24.7. The van der Waals surface area contributed by atoms with Gasteiger partial charge in [0.05, 0.1) is 30.4 Å². The van der Waals surface area contributed by atoms with Crippen molar-refractivity contribution in [3.05, 3.63) is 59.7 Å². The summed E-state index contributed by atoms with van der Waals surface area (Å²) in [5, 5.41) is 12.6. The van der Waals surface area contributed by atoms with E-state index in [-0.39, 0.29) is 55.6 Å². The van der Waals surface area contributed by atoms with E-state index < -0.39 is 71.7 Å². The van der Waals surface area contributed by atoms with Gasteiger partial charge in [0.15, 0.2) is 6.19 Å². The quantitative estimate of drug-likeness (QED) is 0.316. The van der Waals surface area contributed by atoms with Crippen LogP contribution in [0.4, 0.5) is 32.0 Å². The first-order valence-electron chi connectivity index (χ1n) is 14.7. The Morgan fingerprint density at radius 1 is 1.11 bits per heavy atom. The summed E-state index contributed by atoms with van der Waals surface area (Å²) >= 11 is 0. The number of ether oxygens (including phenoxy) is 1. The summed E-state index contributed by atoms with van der Waals surface area (Å²) in [6.45, 7) is 3.23. The number of nitrogens with zero attached hydrogens (tertiary/aromatic N) is 4. The first-order chi connectivity index (χ1) is 21.1. The number of hydrogen-bond acceptors (Lipinski definition) is 6. The summed E-state index contributed by atoms with van der Waals surface area (Å²) in [6, 6.07) is 2.49. The van der Waals surface area contributed by atoms with Crippen molar-refractivity contribution in [1.29, 1.82) is 5.26 Å². The molecule has 1 saturated heterocycles. The monoisotopic (exact) mass is 637 g/mol. The lowest BCUT2D eigenvalue weighted by Gasteiger charge is -2.43. The molecule has 1 aromatic carbocycles. The molecule has 3 fully saturated rings. The van der Waals surface area contributed by atoms with Crippen LogP contribution < -0.4 is 10.2 Å². The predicted octanol–water partition coefficient (Wildman–Crippen LogP) is 5.54. The molecule has 2 heterocycles. The summed E-state index contributed by atoms with van der Waals surface area (Å²) < 4.78 is 89.6. The minimum Gasteiger partial charge on any atom is -0.371 e. The van der Waals surface area contributed by atoms with E-state index in [0.717, 1.165) is 17.2 Å². The molecule has 2 saturated carbocycles. The molecule has 0 bridgehead atoms. The molecule has 2 amide bonds. The highest BCUT2D eigenvalue weighted by Crippen LogP contribution is 2.59. The number of carbonyl (C=O) groups excluding carboxylic acids is 2. The Morgan fingerprint density at radius 3 is 2.31 bits per heavy atom. The molecule has 45 heavy (non-hydrogen) atoms. The van der Waals surface area contributed by atoms with Gasteiger partial charge in [-0.05, 0) is 63.3 Å². The number of nitriles is 1. The Labute approximate surface area is 256 Å². The molecule has 1 aliphatic heterocycles. The number of rotatable bonds is 7. The Balaban J connectivity index is 1.57. The van der Waals surface area contributed by atoms with Crippen LogP contribution in [-0.4, -0.2) is 64.6 Å². The summed E-state index contributed by atoms with van der Waals surface area (Å²) in [5.74, 6) is -5.34. The van der Waals surface area contributed by atoms with E-state index in [1.807, 2.05) is 6.19 Å². The average Bonchev–Trinajstić information content (AvgIpc) is 3.79. The van der Waals surface area contributed by atoms with E-state index in [0.29, 0.717) is 0 Å². The fraction of sp³-hybridized carbons (Fsp3) is 0.548. The molecular formula is C31H33F6N5O3. The highest BCUT2D eigenvalue weighted by Gasteiger charge is 2.64. The van der Waals surface area contributed by atoms with Crippen molar-refractivity contribution in [2.75, 3.05) is 18.1 Å². The van der Waals surface area contributed by atoms with E-state index in [1.165, 1.54) is 35.4 Å². The van der Waals surface area contributed by atoms with Gasteiger partial charge in [-0.2, -0.15) is 18.4 Å². The lowest BCUT2D eigenvalue weighted by Crippen LogP contribution is -2.60. The molecular weight excluding hydrogens is 604 g/mol. The van der Waals surface area contributed by atoms with E-state index in [9.17, 15) is 41.2 Å². The largest absolute Gasteiger partial charge is 0.398 e. The number of pyridine rings is 1. The molecule has 3 aliphatic rings. The number of alkyl halides is 5. The number of benzene rings is 1. The van der Waals surface area contributed by atoms with Gasteiger partial charge in [-0.15, -0.1) is 0 Å². The van der Waals surface area contributed by atoms with Crippen LogP contribution in [0.2, 0.25) is 0 Å². The second-order valence-electron chi connectivity index (χ2n) is 12.6. The van der Waals surface area contributed by atoms with Gasteiger partial charge in [0.25, 0.3) is 5.91 Å². The third-order valence-electron chi connectivity index (χ3n) is 8.81. The van der Waals surface area contributed by atoms with Crippen LogP contribution >= 0.6 is 0 Å².